The first kappa shape index (κ1) is 15.9. The zero-order valence-corrected chi connectivity index (χ0v) is 15.2. The summed E-state index contributed by atoms with van der Waals surface area (Å²) in [5.74, 6) is 0. The molecule has 2 fully saturated rings. The van der Waals surface area contributed by atoms with Gasteiger partial charge in [0, 0.05) is 23.6 Å². The van der Waals surface area contributed by atoms with Crippen molar-refractivity contribution in [2.75, 3.05) is 26.2 Å². The number of sulfonamides is 1. The van der Waals surface area contributed by atoms with Crippen LogP contribution in [0.25, 0.3) is 0 Å². The Kier molecular flexibility index (Phi) is 5.05. The third kappa shape index (κ3) is 3.37. The lowest BCUT2D eigenvalue weighted by atomic mass is 10.0. The zero-order chi connectivity index (χ0) is 14.9. The van der Waals surface area contributed by atoms with Crippen molar-refractivity contribution in [2.45, 2.75) is 42.4 Å². The minimum Gasteiger partial charge on any atom is -0.300 e. The van der Waals surface area contributed by atoms with E-state index in [1.807, 2.05) is 5.38 Å². The fourth-order valence-electron chi connectivity index (χ4n) is 3.31. The number of likely N-dealkylation sites (tertiary alicyclic amines) is 1. The third-order valence-electron chi connectivity index (χ3n) is 4.49. The summed E-state index contributed by atoms with van der Waals surface area (Å²) in [5.41, 5.74) is 0. The Morgan fingerprint density at radius 2 is 1.76 bits per heavy atom. The molecule has 0 aromatic carbocycles. The lowest BCUT2D eigenvalue weighted by Crippen LogP contribution is -2.48. The highest BCUT2D eigenvalue weighted by atomic mass is 79.9. The maximum Gasteiger partial charge on any atom is 0.253 e. The molecule has 2 saturated heterocycles. The highest BCUT2D eigenvalue weighted by Gasteiger charge is 2.33. The van der Waals surface area contributed by atoms with E-state index in [-0.39, 0.29) is 0 Å². The van der Waals surface area contributed by atoms with Crippen molar-refractivity contribution >= 4 is 37.3 Å². The third-order valence-corrected chi connectivity index (χ3v) is 9.04. The first-order valence-corrected chi connectivity index (χ1v) is 10.7. The maximum atomic E-state index is 12.6. The van der Waals surface area contributed by atoms with Crippen LogP contribution < -0.4 is 0 Å². The minimum atomic E-state index is -3.32. The summed E-state index contributed by atoms with van der Waals surface area (Å²) in [6, 6.07) is 2.38. The molecule has 3 rings (SSSR count). The molecule has 0 amide bonds. The van der Waals surface area contributed by atoms with Gasteiger partial charge < -0.3 is 4.90 Å². The molecule has 21 heavy (non-hydrogen) atoms. The van der Waals surface area contributed by atoms with Gasteiger partial charge in [-0.1, -0.05) is 6.42 Å². The lowest BCUT2D eigenvalue weighted by Gasteiger charge is -2.39. The average Bonchev–Trinajstić information content (AvgIpc) is 2.95. The standard InChI is InChI=1S/C14H21BrN2O2S2/c15-13-6-11-20-14(13)21(18,19)17-9-4-12(5-10-17)16-7-2-1-3-8-16/h6,11-12H,1-5,7-10H2. The molecule has 0 atom stereocenters. The monoisotopic (exact) mass is 392 g/mol. The molecule has 0 bridgehead atoms. The normalized spacial score (nSPS) is 23.5. The van der Waals surface area contributed by atoms with E-state index in [0.717, 1.165) is 12.8 Å². The molecule has 7 heteroatoms. The van der Waals surface area contributed by atoms with Crippen LogP contribution in [0, 0.1) is 0 Å². The molecule has 4 nitrogen and oxygen atoms in total. The van der Waals surface area contributed by atoms with Gasteiger partial charge in [-0.3, -0.25) is 0 Å². The molecule has 3 heterocycles. The number of thiophene rings is 1. The zero-order valence-electron chi connectivity index (χ0n) is 12.0. The molecule has 0 spiro atoms. The summed E-state index contributed by atoms with van der Waals surface area (Å²) in [6.45, 7) is 3.67. The highest BCUT2D eigenvalue weighted by molar-refractivity contribution is 9.10. The van der Waals surface area contributed by atoms with Crippen LogP contribution in [-0.2, 0) is 10.0 Å². The van der Waals surface area contributed by atoms with Crippen molar-refractivity contribution in [1.29, 1.82) is 0 Å². The summed E-state index contributed by atoms with van der Waals surface area (Å²) >= 11 is 4.63. The van der Waals surface area contributed by atoms with Crippen LogP contribution in [0.1, 0.15) is 32.1 Å². The quantitative estimate of drug-likeness (QED) is 0.792. The Morgan fingerprint density at radius 1 is 1.10 bits per heavy atom. The van der Waals surface area contributed by atoms with E-state index in [4.69, 9.17) is 0 Å². The Labute approximate surface area is 139 Å². The fourth-order valence-corrected chi connectivity index (χ4v) is 7.23. The van der Waals surface area contributed by atoms with Gasteiger partial charge in [-0.05, 0) is 66.1 Å². The Balaban J connectivity index is 1.64. The van der Waals surface area contributed by atoms with E-state index in [0.29, 0.717) is 27.8 Å². The van der Waals surface area contributed by atoms with Gasteiger partial charge in [0.25, 0.3) is 10.0 Å². The Bertz CT molecular complexity index is 574. The molecular formula is C14H21BrN2O2S2. The molecular weight excluding hydrogens is 372 g/mol. The van der Waals surface area contributed by atoms with Gasteiger partial charge in [-0.25, -0.2) is 8.42 Å². The topological polar surface area (TPSA) is 40.6 Å². The van der Waals surface area contributed by atoms with Crippen LogP contribution in [-0.4, -0.2) is 49.8 Å². The number of rotatable bonds is 3. The van der Waals surface area contributed by atoms with Gasteiger partial charge in [0.15, 0.2) is 0 Å². The van der Waals surface area contributed by atoms with Gasteiger partial charge in [0.1, 0.15) is 4.21 Å². The van der Waals surface area contributed by atoms with E-state index in [2.05, 4.69) is 20.8 Å². The van der Waals surface area contributed by atoms with Crippen molar-refractivity contribution in [3.63, 3.8) is 0 Å². The van der Waals surface area contributed by atoms with Crippen LogP contribution in [0.5, 0.6) is 0 Å². The van der Waals surface area contributed by atoms with E-state index in [1.54, 1.807) is 10.4 Å². The summed E-state index contributed by atoms with van der Waals surface area (Å²) in [5, 5.41) is 1.82. The SMILES string of the molecule is O=S(=O)(c1sccc1Br)N1CCC(N2CCCCC2)CC1. The first-order valence-electron chi connectivity index (χ1n) is 7.56. The van der Waals surface area contributed by atoms with Crippen molar-refractivity contribution in [3.8, 4) is 0 Å². The molecule has 0 unspecified atom stereocenters. The predicted molar refractivity (Wildman–Crippen MR) is 89.2 cm³/mol. The van der Waals surface area contributed by atoms with Crippen LogP contribution >= 0.6 is 27.3 Å². The number of nitrogens with zero attached hydrogens (tertiary/aromatic N) is 2. The molecule has 1 aromatic heterocycles. The van der Waals surface area contributed by atoms with E-state index in [1.165, 1.54) is 43.7 Å². The van der Waals surface area contributed by atoms with Gasteiger partial charge in [0.05, 0.1) is 0 Å². The second kappa shape index (κ2) is 6.66. The number of hydrogen-bond acceptors (Lipinski definition) is 4. The Hall–Kier alpha value is 0.0500. The van der Waals surface area contributed by atoms with Crippen molar-refractivity contribution in [2.24, 2.45) is 0 Å². The van der Waals surface area contributed by atoms with Crippen LogP contribution in [0.3, 0.4) is 0 Å². The number of piperidine rings is 2. The molecule has 0 radical (unpaired) electrons. The molecule has 0 saturated carbocycles. The molecule has 1 aromatic rings. The second-order valence-electron chi connectivity index (χ2n) is 5.79. The lowest BCUT2D eigenvalue weighted by molar-refractivity contribution is 0.118. The van der Waals surface area contributed by atoms with Gasteiger partial charge in [-0.2, -0.15) is 4.31 Å². The number of hydrogen-bond donors (Lipinski definition) is 0. The van der Waals surface area contributed by atoms with Crippen molar-refractivity contribution in [1.82, 2.24) is 9.21 Å². The second-order valence-corrected chi connectivity index (χ2v) is 9.69. The maximum absolute atomic E-state index is 12.6. The van der Waals surface area contributed by atoms with Crippen molar-refractivity contribution < 1.29 is 8.42 Å². The largest absolute Gasteiger partial charge is 0.300 e. The highest BCUT2D eigenvalue weighted by Crippen LogP contribution is 2.32. The van der Waals surface area contributed by atoms with E-state index >= 15 is 0 Å². The van der Waals surface area contributed by atoms with Crippen LogP contribution in [0.4, 0.5) is 0 Å². The van der Waals surface area contributed by atoms with Crippen LogP contribution in [0.2, 0.25) is 0 Å². The summed E-state index contributed by atoms with van der Waals surface area (Å²) in [4.78, 5) is 2.56. The summed E-state index contributed by atoms with van der Waals surface area (Å²) in [6.07, 6.45) is 5.85. The fraction of sp³-hybridized carbons (Fsp3) is 0.714. The number of halogens is 1. The van der Waals surface area contributed by atoms with Gasteiger partial charge in [0.2, 0.25) is 0 Å². The molecule has 118 valence electrons. The van der Waals surface area contributed by atoms with E-state index < -0.39 is 10.0 Å². The minimum absolute atomic E-state index is 0.443. The molecule has 0 N–H and O–H groups in total. The summed E-state index contributed by atoms with van der Waals surface area (Å²) < 4.78 is 28.1. The first-order chi connectivity index (χ1) is 10.1. The smallest absolute Gasteiger partial charge is 0.253 e. The summed E-state index contributed by atoms with van der Waals surface area (Å²) in [7, 11) is -3.32. The molecule has 2 aliphatic rings. The molecule has 2 aliphatic heterocycles. The average molecular weight is 393 g/mol. The van der Waals surface area contributed by atoms with Crippen molar-refractivity contribution in [3.05, 3.63) is 15.9 Å². The van der Waals surface area contributed by atoms with Gasteiger partial charge in [-0.15, -0.1) is 11.3 Å². The molecule has 0 aliphatic carbocycles. The van der Waals surface area contributed by atoms with Crippen LogP contribution in [0.15, 0.2) is 20.1 Å². The van der Waals surface area contributed by atoms with E-state index in [9.17, 15) is 8.42 Å². The Morgan fingerprint density at radius 3 is 2.33 bits per heavy atom. The van der Waals surface area contributed by atoms with Gasteiger partial charge >= 0.3 is 0 Å². The predicted octanol–water partition coefficient (Wildman–Crippen LogP) is 3.15.